The third-order valence-electron chi connectivity index (χ3n) is 2.48. The molecular weight excluding hydrogens is 224 g/mol. The zero-order chi connectivity index (χ0) is 11.8. The van der Waals surface area contributed by atoms with Crippen LogP contribution in [0, 0.1) is 0 Å². The van der Waals surface area contributed by atoms with E-state index in [1.807, 2.05) is 6.07 Å². The van der Waals surface area contributed by atoms with Crippen molar-refractivity contribution in [1.29, 1.82) is 0 Å². The molecule has 1 unspecified atom stereocenters. The Bertz CT molecular complexity index is 301. The first-order valence-electron chi connectivity index (χ1n) is 5.58. The largest absolute Gasteiger partial charge is 0.383 e. The molecule has 1 atom stereocenters. The van der Waals surface area contributed by atoms with E-state index >= 15 is 0 Å². The van der Waals surface area contributed by atoms with Crippen LogP contribution >= 0.6 is 11.6 Å². The summed E-state index contributed by atoms with van der Waals surface area (Å²) >= 11 is 6.05. The van der Waals surface area contributed by atoms with Gasteiger partial charge in [0.2, 0.25) is 0 Å². The quantitative estimate of drug-likeness (QED) is 0.797. The maximum Gasteiger partial charge on any atom is 0.0621 e. The topological polar surface area (TPSA) is 34.2 Å². The van der Waals surface area contributed by atoms with Gasteiger partial charge in [-0.3, -0.25) is 4.98 Å². The van der Waals surface area contributed by atoms with E-state index in [9.17, 15) is 0 Å². The van der Waals surface area contributed by atoms with Crippen LogP contribution in [0.1, 0.15) is 18.9 Å². The third-order valence-corrected chi connectivity index (χ3v) is 2.82. The van der Waals surface area contributed by atoms with E-state index in [1.165, 1.54) is 0 Å². The molecule has 0 spiro atoms. The van der Waals surface area contributed by atoms with Gasteiger partial charge >= 0.3 is 0 Å². The van der Waals surface area contributed by atoms with Crippen LogP contribution in [-0.4, -0.2) is 31.3 Å². The van der Waals surface area contributed by atoms with E-state index in [-0.39, 0.29) is 0 Å². The molecule has 1 heterocycles. The van der Waals surface area contributed by atoms with Crippen LogP contribution in [0.4, 0.5) is 0 Å². The molecule has 1 N–H and O–H groups in total. The number of aryl methyl sites for hydroxylation is 1. The monoisotopic (exact) mass is 242 g/mol. The van der Waals surface area contributed by atoms with Crippen molar-refractivity contribution in [2.45, 2.75) is 25.8 Å². The normalized spacial score (nSPS) is 12.7. The van der Waals surface area contributed by atoms with E-state index in [2.05, 4.69) is 17.2 Å². The highest BCUT2D eigenvalue weighted by Gasteiger charge is 2.08. The van der Waals surface area contributed by atoms with Crippen LogP contribution in [0.5, 0.6) is 0 Å². The zero-order valence-electron chi connectivity index (χ0n) is 9.87. The summed E-state index contributed by atoms with van der Waals surface area (Å²) in [5.41, 5.74) is 1.15. The minimum atomic E-state index is 0.388. The number of methoxy groups -OCH3 is 1. The maximum atomic E-state index is 6.05. The molecule has 0 aliphatic rings. The molecule has 16 heavy (non-hydrogen) atoms. The van der Waals surface area contributed by atoms with E-state index < -0.39 is 0 Å². The van der Waals surface area contributed by atoms with Crippen molar-refractivity contribution in [2.24, 2.45) is 0 Å². The highest BCUT2D eigenvalue weighted by Crippen LogP contribution is 2.15. The lowest BCUT2D eigenvalue weighted by Gasteiger charge is -2.16. The summed E-state index contributed by atoms with van der Waals surface area (Å²) in [6.07, 6.45) is 5.43. The van der Waals surface area contributed by atoms with E-state index in [0.29, 0.717) is 6.04 Å². The number of pyridine rings is 1. The smallest absolute Gasteiger partial charge is 0.0621 e. The van der Waals surface area contributed by atoms with Crippen LogP contribution in [0.2, 0.25) is 5.02 Å². The number of nitrogens with one attached hydrogen (secondary N) is 1. The number of hydrogen-bond donors (Lipinski definition) is 1. The molecule has 0 saturated heterocycles. The Kier molecular flexibility index (Phi) is 6.38. The molecule has 1 rings (SSSR count). The first-order valence-corrected chi connectivity index (χ1v) is 5.96. The SMILES string of the molecule is CCNC(CCc1ccncc1Cl)COC. The summed E-state index contributed by atoms with van der Waals surface area (Å²) in [4.78, 5) is 3.97. The van der Waals surface area contributed by atoms with Gasteiger partial charge in [-0.05, 0) is 31.0 Å². The van der Waals surface area contributed by atoms with Crippen molar-refractivity contribution >= 4 is 11.6 Å². The molecule has 90 valence electrons. The molecule has 1 aromatic heterocycles. The molecule has 0 bridgehead atoms. The summed E-state index contributed by atoms with van der Waals surface area (Å²) in [6.45, 7) is 3.79. The van der Waals surface area contributed by atoms with E-state index in [1.54, 1.807) is 19.5 Å². The lowest BCUT2D eigenvalue weighted by molar-refractivity contribution is 0.163. The second-order valence-electron chi connectivity index (χ2n) is 3.72. The summed E-state index contributed by atoms with van der Waals surface area (Å²) in [5.74, 6) is 0. The number of likely N-dealkylation sites (N-methyl/N-ethyl adjacent to an activating group) is 1. The number of halogens is 1. The molecule has 0 saturated carbocycles. The molecule has 3 nitrogen and oxygen atoms in total. The van der Waals surface area contributed by atoms with Crippen LogP contribution in [0.15, 0.2) is 18.5 Å². The van der Waals surface area contributed by atoms with Crippen molar-refractivity contribution in [3.8, 4) is 0 Å². The number of rotatable bonds is 7. The number of ether oxygens (including phenoxy) is 1. The Hall–Kier alpha value is -0.640. The fourth-order valence-electron chi connectivity index (χ4n) is 1.67. The average Bonchev–Trinajstić information content (AvgIpc) is 2.28. The van der Waals surface area contributed by atoms with Crippen molar-refractivity contribution < 1.29 is 4.74 Å². The Morgan fingerprint density at radius 2 is 2.38 bits per heavy atom. The van der Waals surface area contributed by atoms with Crippen LogP contribution < -0.4 is 5.32 Å². The molecule has 4 heteroatoms. The lowest BCUT2D eigenvalue weighted by atomic mass is 10.1. The van der Waals surface area contributed by atoms with Crippen LogP contribution in [0.3, 0.4) is 0 Å². The highest BCUT2D eigenvalue weighted by atomic mass is 35.5. The second-order valence-corrected chi connectivity index (χ2v) is 4.12. The van der Waals surface area contributed by atoms with Gasteiger partial charge in [0.25, 0.3) is 0 Å². The van der Waals surface area contributed by atoms with Crippen molar-refractivity contribution in [3.05, 3.63) is 29.0 Å². The zero-order valence-corrected chi connectivity index (χ0v) is 10.6. The lowest BCUT2D eigenvalue weighted by Crippen LogP contribution is -2.33. The van der Waals surface area contributed by atoms with Crippen molar-refractivity contribution in [3.63, 3.8) is 0 Å². The van der Waals surface area contributed by atoms with Gasteiger partial charge in [-0.15, -0.1) is 0 Å². The van der Waals surface area contributed by atoms with Gasteiger partial charge in [0, 0.05) is 25.5 Å². The molecule has 0 fully saturated rings. The highest BCUT2D eigenvalue weighted by molar-refractivity contribution is 6.31. The maximum absolute atomic E-state index is 6.05. The molecule has 0 radical (unpaired) electrons. The minimum absolute atomic E-state index is 0.388. The number of nitrogens with zero attached hydrogens (tertiary/aromatic N) is 1. The first kappa shape index (κ1) is 13.4. The summed E-state index contributed by atoms with van der Waals surface area (Å²) in [6, 6.07) is 2.36. The van der Waals surface area contributed by atoms with Gasteiger partial charge in [-0.2, -0.15) is 0 Å². The van der Waals surface area contributed by atoms with Gasteiger partial charge < -0.3 is 10.1 Å². The molecule has 0 aliphatic carbocycles. The Labute approximate surface area is 102 Å². The summed E-state index contributed by atoms with van der Waals surface area (Å²) in [7, 11) is 1.73. The van der Waals surface area contributed by atoms with Gasteiger partial charge in [-0.25, -0.2) is 0 Å². The second kappa shape index (κ2) is 7.60. The Balaban J connectivity index is 2.45. The average molecular weight is 243 g/mol. The predicted molar refractivity (Wildman–Crippen MR) is 66.9 cm³/mol. The minimum Gasteiger partial charge on any atom is -0.383 e. The fourth-order valence-corrected chi connectivity index (χ4v) is 1.88. The molecule has 0 aliphatic heterocycles. The van der Waals surface area contributed by atoms with Crippen LogP contribution in [-0.2, 0) is 11.2 Å². The standard InChI is InChI=1S/C12H19ClN2O/c1-3-15-11(9-16-2)5-4-10-6-7-14-8-12(10)13/h6-8,11,15H,3-5,9H2,1-2H3. The van der Waals surface area contributed by atoms with E-state index in [0.717, 1.165) is 36.6 Å². The number of aromatic nitrogens is 1. The molecular formula is C12H19ClN2O. The van der Waals surface area contributed by atoms with Gasteiger partial charge in [0.05, 0.1) is 11.6 Å². The fraction of sp³-hybridized carbons (Fsp3) is 0.583. The molecule has 1 aromatic rings. The van der Waals surface area contributed by atoms with E-state index in [4.69, 9.17) is 16.3 Å². The third kappa shape index (κ3) is 4.47. The number of hydrogen-bond acceptors (Lipinski definition) is 3. The Morgan fingerprint density at radius 3 is 3.00 bits per heavy atom. The van der Waals surface area contributed by atoms with Gasteiger partial charge in [-0.1, -0.05) is 18.5 Å². The predicted octanol–water partition coefficient (Wildman–Crippen LogP) is 2.29. The molecule has 0 aromatic carbocycles. The summed E-state index contributed by atoms with van der Waals surface area (Å²) < 4.78 is 5.17. The van der Waals surface area contributed by atoms with Gasteiger partial charge in [0.1, 0.15) is 0 Å². The first-order chi connectivity index (χ1) is 7.77. The van der Waals surface area contributed by atoms with Crippen molar-refractivity contribution in [1.82, 2.24) is 10.3 Å². The van der Waals surface area contributed by atoms with Crippen LogP contribution in [0.25, 0.3) is 0 Å². The molecule has 0 amide bonds. The summed E-state index contributed by atoms with van der Waals surface area (Å²) in [5, 5.41) is 4.14. The van der Waals surface area contributed by atoms with Crippen molar-refractivity contribution in [2.75, 3.05) is 20.3 Å². The van der Waals surface area contributed by atoms with Gasteiger partial charge in [0.15, 0.2) is 0 Å². The Morgan fingerprint density at radius 1 is 1.56 bits per heavy atom.